The first-order valence-electron chi connectivity index (χ1n) is 10.2. The molecule has 1 aliphatic heterocycles. The van der Waals surface area contributed by atoms with Gasteiger partial charge in [-0.2, -0.15) is 4.68 Å². The van der Waals surface area contributed by atoms with E-state index in [1.54, 1.807) is 0 Å². The van der Waals surface area contributed by atoms with E-state index in [0.717, 1.165) is 17.4 Å². The maximum atomic E-state index is 4.61. The number of rotatable bonds is 3. The van der Waals surface area contributed by atoms with Crippen LogP contribution in [0.4, 0.5) is 0 Å². The first-order valence-corrected chi connectivity index (χ1v) is 10.2. The number of hydrogen-bond donors (Lipinski definition) is 0. The van der Waals surface area contributed by atoms with Gasteiger partial charge in [0.05, 0.1) is 11.2 Å². The Morgan fingerprint density at radius 3 is 2.46 bits per heavy atom. The van der Waals surface area contributed by atoms with Gasteiger partial charge in [-0.05, 0) is 93.4 Å². The number of nitrogens with zero attached hydrogens (tertiary/aromatic N) is 5. The number of piperidine rings is 1. The monoisotopic (exact) mass is 353 g/mol. The number of likely N-dealkylation sites (tertiary alicyclic amines) is 1. The third-order valence-corrected chi connectivity index (χ3v) is 6.53. The molecule has 2 heterocycles. The topological polar surface area (TPSA) is 46.8 Å². The fourth-order valence-electron chi connectivity index (χ4n) is 4.93. The van der Waals surface area contributed by atoms with Crippen molar-refractivity contribution in [2.24, 2.45) is 5.92 Å². The van der Waals surface area contributed by atoms with E-state index in [1.165, 1.54) is 69.2 Å². The van der Waals surface area contributed by atoms with Gasteiger partial charge >= 0.3 is 0 Å². The molecule has 1 aliphatic carbocycles. The molecule has 2 fully saturated rings. The van der Waals surface area contributed by atoms with E-state index < -0.39 is 0 Å². The second-order valence-corrected chi connectivity index (χ2v) is 8.47. The minimum absolute atomic E-state index is 0.00619. The van der Waals surface area contributed by atoms with Crippen molar-refractivity contribution in [3.8, 4) is 5.69 Å². The summed E-state index contributed by atoms with van der Waals surface area (Å²) in [5.41, 5.74) is 3.62. The average Bonchev–Trinajstić information content (AvgIpc) is 3.13. The molecule has 0 amide bonds. The molecule has 2 aliphatic rings. The summed E-state index contributed by atoms with van der Waals surface area (Å²) in [7, 11) is 0. The van der Waals surface area contributed by atoms with E-state index >= 15 is 0 Å². The Hall–Kier alpha value is -1.75. The summed E-state index contributed by atoms with van der Waals surface area (Å²) in [6.07, 6.45) is 8.79. The second-order valence-electron chi connectivity index (χ2n) is 8.47. The van der Waals surface area contributed by atoms with Gasteiger partial charge in [0.25, 0.3) is 0 Å². The zero-order chi connectivity index (χ0) is 18.1. The summed E-state index contributed by atoms with van der Waals surface area (Å²) in [6, 6.07) is 6.54. The van der Waals surface area contributed by atoms with E-state index in [2.05, 4.69) is 59.4 Å². The normalized spacial score (nSPS) is 27.6. The van der Waals surface area contributed by atoms with Crippen LogP contribution in [0.15, 0.2) is 18.2 Å². The molecule has 1 aromatic carbocycles. The van der Waals surface area contributed by atoms with Crippen molar-refractivity contribution in [3.05, 3.63) is 35.2 Å². The van der Waals surface area contributed by atoms with Crippen molar-refractivity contribution in [3.63, 3.8) is 0 Å². The van der Waals surface area contributed by atoms with Gasteiger partial charge in [-0.15, -0.1) is 5.10 Å². The zero-order valence-electron chi connectivity index (χ0n) is 16.4. The Balaban J connectivity index is 1.79. The molecular formula is C21H31N5. The van der Waals surface area contributed by atoms with Crippen molar-refractivity contribution < 1.29 is 0 Å². The Bertz CT molecular complexity index is 752. The molecule has 0 radical (unpaired) electrons. The molecule has 1 saturated carbocycles. The predicted molar refractivity (Wildman–Crippen MR) is 103 cm³/mol. The number of hydrogen-bond acceptors (Lipinski definition) is 4. The van der Waals surface area contributed by atoms with E-state index in [1.807, 2.05) is 4.68 Å². The number of tetrazole rings is 1. The maximum Gasteiger partial charge on any atom is 0.176 e. The Kier molecular flexibility index (Phi) is 4.82. The lowest BCUT2D eigenvalue weighted by atomic mass is 9.74. The minimum atomic E-state index is -0.00619. The van der Waals surface area contributed by atoms with Crippen molar-refractivity contribution in [1.29, 1.82) is 0 Å². The smallest absolute Gasteiger partial charge is 0.176 e. The van der Waals surface area contributed by atoms with Crippen molar-refractivity contribution in [1.82, 2.24) is 25.1 Å². The van der Waals surface area contributed by atoms with E-state index in [9.17, 15) is 0 Å². The molecule has 1 aromatic heterocycles. The van der Waals surface area contributed by atoms with Gasteiger partial charge in [0.1, 0.15) is 0 Å². The molecular weight excluding hydrogens is 322 g/mol. The van der Waals surface area contributed by atoms with Crippen LogP contribution in [0.2, 0.25) is 0 Å². The van der Waals surface area contributed by atoms with Gasteiger partial charge in [-0.1, -0.05) is 31.0 Å². The van der Waals surface area contributed by atoms with Crippen molar-refractivity contribution >= 4 is 0 Å². The summed E-state index contributed by atoms with van der Waals surface area (Å²) in [4.78, 5) is 2.70. The van der Waals surface area contributed by atoms with Gasteiger partial charge in [0.2, 0.25) is 0 Å². The van der Waals surface area contributed by atoms with Gasteiger partial charge in [0, 0.05) is 0 Å². The molecule has 0 bridgehead atoms. The van der Waals surface area contributed by atoms with Crippen LogP contribution < -0.4 is 0 Å². The summed E-state index contributed by atoms with van der Waals surface area (Å²) < 4.78 is 2.03. The van der Waals surface area contributed by atoms with Crippen molar-refractivity contribution in [2.45, 2.75) is 71.3 Å². The van der Waals surface area contributed by atoms with Crippen LogP contribution in [0.3, 0.4) is 0 Å². The second kappa shape index (κ2) is 7.10. The van der Waals surface area contributed by atoms with Gasteiger partial charge in [0.15, 0.2) is 5.82 Å². The molecule has 1 saturated heterocycles. The minimum Gasteiger partial charge on any atom is -0.291 e. The van der Waals surface area contributed by atoms with Gasteiger partial charge in [-0.3, -0.25) is 4.90 Å². The van der Waals surface area contributed by atoms with Gasteiger partial charge in [-0.25, -0.2) is 0 Å². The third-order valence-electron chi connectivity index (χ3n) is 6.53. The summed E-state index contributed by atoms with van der Waals surface area (Å²) in [5, 5.41) is 13.2. The highest BCUT2D eigenvalue weighted by Crippen LogP contribution is 2.44. The highest BCUT2D eigenvalue weighted by molar-refractivity contribution is 5.42. The molecule has 0 unspecified atom stereocenters. The molecule has 0 N–H and O–H groups in total. The summed E-state index contributed by atoms with van der Waals surface area (Å²) >= 11 is 0. The molecule has 140 valence electrons. The average molecular weight is 354 g/mol. The lowest BCUT2D eigenvalue weighted by Gasteiger charge is -2.48. The summed E-state index contributed by atoms with van der Waals surface area (Å²) in [6.45, 7) is 9.02. The van der Waals surface area contributed by atoms with Gasteiger partial charge < -0.3 is 0 Å². The van der Waals surface area contributed by atoms with Crippen molar-refractivity contribution in [2.75, 3.05) is 13.1 Å². The standard InChI is InChI=1S/C21H31N5/c1-16-9-11-21(12-10-16,25-13-5-4-6-14-25)20-22-23-24-26(20)19-8-7-17(2)15-18(19)3/h7-8,15-16H,4-6,9-14H2,1-3H3. The molecule has 5 heteroatoms. The highest BCUT2D eigenvalue weighted by atomic mass is 15.6. The predicted octanol–water partition coefficient (Wildman–Crippen LogP) is 4.17. The number of benzene rings is 1. The van der Waals surface area contributed by atoms with Crippen LogP contribution in [-0.4, -0.2) is 38.2 Å². The molecule has 4 rings (SSSR count). The first kappa shape index (κ1) is 17.7. The Labute approximate surface area is 156 Å². The lowest BCUT2D eigenvalue weighted by Crippen LogP contribution is -2.52. The van der Waals surface area contributed by atoms with Crippen LogP contribution >= 0.6 is 0 Å². The molecule has 5 nitrogen and oxygen atoms in total. The third kappa shape index (κ3) is 3.07. The van der Waals surface area contributed by atoms with Crippen LogP contribution in [0.5, 0.6) is 0 Å². The lowest BCUT2D eigenvalue weighted by molar-refractivity contribution is 0.0110. The molecule has 26 heavy (non-hydrogen) atoms. The zero-order valence-corrected chi connectivity index (χ0v) is 16.4. The Morgan fingerprint density at radius 1 is 1.04 bits per heavy atom. The number of aryl methyl sites for hydroxylation is 2. The largest absolute Gasteiger partial charge is 0.291 e. The van der Waals surface area contributed by atoms with E-state index in [0.29, 0.717) is 0 Å². The molecule has 0 atom stereocenters. The van der Waals surface area contributed by atoms with Crippen LogP contribution in [-0.2, 0) is 5.54 Å². The maximum absolute atomic E-state index is 4.61. The highest BCUT2D eigenvalue weighted by Gasteiger charge is 2.45. The van der Waals surface area contributed by atoms with E-state index in [4.69, 9.17) is 0 Å². The van der Waals surface area contributed by atoms with Crippen LogP contribution in [0, 0.1) is 19.8 Å². The molecule has 2 aromatic rings. The fraction of sp³-hybridized carbons (Fsp3) is 0.667. The number of aromatic nitrogens is 4. The van der Waals surface area contributed by atoms with Crippen LogP contribution in [0.1, 0.15) is 68.8 Å². The summed E-state index contributed by atoms with van der Waals surface area (Å²) in [5.74, 6) is 1.86. The van der Waals surface area contributed by atoms with Crippen LogP contribution in [0.25, 0.3) is 5.69 Å². The molecule has 0 spiro atoms. The quantitative estimate of drug-likeness (QED) is 0.831. The fourth-order valence-corrected chi connectivity index (χ4v) is 4.93. The first-order chi connectivity index (χ1) is 12.6. The van der Waals surface area contributed by atoms with E-state index in [-0.39, 0.29) is 5.54 Å². The Morgan fingerprint density at radius 2 is 1.77 bits per heavy atom. The SMILES string of the molecule is Cc1ccc(-n2nnnc2C2(N3CCCCC3)CCC(C)CC2)c(C)c1.